The zero-order valence-electron chi connectivity index (χ0n) is 9.10. The minimum atomic E-state index is 0.270. The summed E-state index contributed by atoms with van der Waals surface area (Å²) in [5.41, 5.74) is 0. The van der Waals surface area contributed by atoms with E-state index in [-0.39, 0.29) is 6.10 Å². The van der Waals surface area contributed by atoms with E-state index in [1.807, 2.05) is 13.1 Å². The highest BCUT2D eigenvalue weighted by molar-refractivity contribution is 5.42. The minimum absolute atomic E-state index is 0.270. The molecule has 1 saturated heterocycles. The highest BCUT2D eigenvalue weighted by Crippen LogP contribution is 2.15. The molecule has 0 saturated carbocycles. The maximum atomic E-state index is 5.49. The molecule has 82 valence electrons. The maximum Gasteiger partial charge on any atom is 0.224 e. The average Bonchev–Trinajstić information content (AvgIpc) is 2.29. The summed E-state index contributed by atoms with van der Waals surface area (Å²) >= 11 is 0. The lowest BCUT2D eigenvalue weighted by molar-refractivity contribution is 0.0529. The van der Waals surface area contributed by atoms with E-state index in [9.17, 15) is 0 Å². The van der Waals surface area contributed by atoms with Gasteiger partial charge in [-0.3, -0.25) is 0 Å². The predicted molar refractivity (Wildman–Crippen MR) is 59.2 cm³/mol. The molecule has 1 N–H and O–H groups in total. The molecule has 2 rings (SSSR count). The van der Waals surface area contributed by atoms with Crippen LogP contribution in [-0.4, -0.2) is 42.8 Å². The van der Waals surface area contributed by atoms with Gasteiger partial charge in [0.05, 0.1) is 12.7 Å². The van der Waals surface area contributed by atoms with E-state index in [1.165, 1.54) is 0 Å². The van der Waals surface area contributed by atoms with Gasteiger partial charge < -0.3 is 15.0 Å². The Morgan fingerprint density at radius 3 is 3.20 bits per heavy atom. The van der Waals surface area contributed by atoms with E-state index in [1.54, 1.807) is 6.20 Å². The number of anilines is 2. The number of rotatable bonds is 2. The van der Waals surface area contributed by atoms with E-state index in [0.29, 0.717) is 5.95 Å². The highest BCUT2D eigenvalue weighted by Gasteiger charge is 2.17. The van der Waals surface area contributed by atoms with Crippen LogP contribution in [0.25, 0.3) is 0 Å². The topological polar surface area (TPSA) is 50.3 Å². The second-order valence-electron chi connectivity index (χ2n) is 3.62. The van der Waals surface area contributed by atoms with Crippen LogP contribution in [0.5, 0.6) is 0 Å². The fourth-order valence-electron chi connectivity index (χ4n) is 1.67. The molecule has 0 aliphatic carbocycles. The smallest absolute Gasteiger partial charge is 0.224 e. The third-order valence-corrected chi connectivity index (χ3v) is 2.43. The number of morpholine rings is 1. The van der Waals surface area contributed by atoms with Gasteiger partial charge in [0.25, 0.3) is 0 Å². The Hall–Kier alpha value is -1.36. The van der Waals surface area contributed by atoms with Crippen LogP contribution in [-0.2, 0) is 4.74 Å². The second-order valence-corrected chi connectivity index (χ2v) is 3.62. The van der Waals surface area contributed by atoms with E-state index < -0.39 is 0 Å². The molecule has 2 heterocycles. The van der Waals surface area contributed by atoms with Gasteiger partial charge in [0.15, 0.2) is 0 Å². The van der Waals surface area contributed by atoms with Gasteiger partial charge in [-0.2, -0.15) is 4.98 Å². The van der Waals surface area contributed by atoms with E-state index in [4.69, 9.17) is 4.74 Å². The first-order chi connectivity index (χ1) is 7.29. The third-order valence-electron chi connectivity index (χ3n) is 2.43. The van der Waals surface area contributed by atoms with Crippen molar-refractivity contribution >= 4 is 11.8 Å². The van der Waals surface area contributed by atoms with Crippen molar-refractivity contribution < 1.29 is 4.74 Å². The van der Waals surface area contributed by atoms with Crippen molar-refractivity contribution in [2.24, 2.45) is 0 Å². The van der Waals surface area contributed by atoms with Crippen molar-refractivity contribution in [3.8, 4) is 0 Å². The molecule has 1 fully saturated rings. The molecule has 0 aromatic carbocycles. The lowest BCUT2D eigenvalue weighted by atomic mass is 10.3. The molecule has 5 nitrogen and oxygen atoms in total. The van der Waals surface area contributed by atoms with Crippen LogP contribution in [0.4, 0.5) is 11.8 Å². The van der Waals surface area contributed by atoms with Crippen molar-refractivity contribution in [3.63, 3.8) is 0 Å². The first kappa shape index (κ1) is 10.2. The normalized spacial score (nSPS) is 21.5. The van der Waals surface area contributed by atoms with Gasteiger partial charge in [-0.1, -0.05) is 0 Å². The Morgan fingerprint density at radius 2 is 2.47 bits per heavy atom. The molecule has 15 heavy (non-hydrogen) atoms. The van der Waals surface area contributed by atoms with Crippen molar-refractivity contribution in [1.82, 2.24) is 9.97 Å². The summed E-state index contributed by atoms with van der Waals surface area (Å²) in [5.74, 6) is 1.62. The van der Waals surface area contributed by atoms with Gasteiger partial charge >= 0.3 is 0 Å². The van der Waals surface area contributed by atoms with E-state index >= 15 is 0 Å². The summed E-state index contributed by atoms with van der Waals surface area (Å²) in [5, 5.41) is 2.94. The van der Waals surface area contributed by atoms with Crippen molar-refractivity contribution in [2.75, 3.05) is 37.0 Å². The Morgan fingerprint density at radius 1 is 1.60 bits per heavy atom. The zero-order chi connectivity index (χ0) is 10.7. The Kier molecular flexibility index (Phi) is 3.01. The fourth-order valence-corrected chi connectivity index (χ4v) is 1.67. The molecule has 5 heteroatoms. The van der Waals surface area contributed by atoms with Crippen LogP contribution in [0, 0.1) is 0 Å². The van der Waals surface area contributed by atoms with Gasteiger partial charge in [0.2, 0.25) is 5.95 Å². The second kappa shape index (κ2) is 4.44. The first-order valence-electron chi connectivity index (χ1n) is 5.17. The predicted octanol–water partition coefficient (Wildman–Crippen LogP) is 0.743. The summed E-state index contributed by atoms with van der Waals surface area (Å²) in [6, 6.07) is 1.93. The maximum absolute atomic E-state index is 5.49. The van der Waals surface area contributed by atoms with Crippen molar-refractivity contribution in [3.05, 3.63) is 12.3 Å². The SMILES string of the molecule is CNc1nccc(N2CCOC(C)C2)n1. The van der Waals surface area contributed by atoms with E-state index in [2.05, 4.69) is 27.1 Å². The van der Waals surface area contributed by atoms with Gasteiger partial charge in [-0.05, 0) is 13.0 Å². The summed E-state index contributed by atoms with van der Waals surface area (Å²) in [6.45, 7) is 4.62. The zero-order valence-corrected chi connectivity index (χ0v) is 9.10. The molecule has 1 unspecified atom stereocenters. The summed E-state index contributed by atoms with van der Waals surface area (Å²) < 4.78 is 5.49. The molecular formula is C10H16N4O. The lowest BCUT2D eigenvalue weighted by Crippen LogP contribution is -2.41. The standard InChI is InChI=1S/C10H16N4O/c1-8-7-14(5-6-15-8)9-3-4-12-10(11-2)13-9/h3-4,8H,5-7H2,1-2H3,(H,11,12,13). The average molecular weight is 208 g/mol. The molecule has 1 aliphatic rings. The fraction of sp³-hybridized carbons (Fsp3) is 0.600. The summed E-state index contributed by atoms with van der Waals surface area (Å²) in [6.07, 6.45) is 2.04. The number of nitrogens with one attached hydrogen (secondary N) is 1. The number of ether oxygens (including phenoxy) is 1. The van der Waals surface area contributed by atoms with Crippen LogP contribution in [0.3, 0.4) is 0 Å². The molecule has 1 atom stereocenters. The summed E-state index contributed by atoms with van der Waals surface area (Å²) in [4.78, 5) is 10.7. The minimum Gasteiger partial charge on any atom is -0.375 e. The quantitative estimate of drug-likeness (QED) is 0.777. The molecule has 0 radical (unpaired) electrons. The van der Waals surface area contributed by atoms with Crippen molar-refractivity contribution in [1.29, 1.82) is 0 Å². The third kappa shape index (κ3) is 2.36. The highest BCUT2D eigenvalue weighted by atomic mass is 16.5. The van der Waals surface area contributed by atoms with Crippen molar-refractivity contribution in [2.45, 2.75) is 13.0 Å². The Balaban J connectivity index is 2.13. The van der Waals surface area contributed by atoms with Gasteiger partial charge in [0.1, 0.15) is 5.82 Å². The van der Waals surface area contributed by atoms with Gasteiger partial charge in [-0.15, -0.1) is 0 Å². The van der Waals surface area contributed by atoms with Crippen LogP contribution in [0.1, 0.15) is 6.92 Å². The van der Waals surface area contributed by atoms with E-state index in [0.717, 1.165) is 25.5 Å². The number of nitrogens with zero attached hydrogens (tertiary/aromatic N) is 3. The van der Waals surface area contributed by atoms with Crippen LogP contribution in [0.2, 0.25) is 0 Å². The van der Waals surface area contributed by atoms with Crippen LogP contribution in [0.15, 0.2) is 12.3 Å². The Labute approximate surface area is 89.5 Å². The molecular weight excluding hydrogens is 192 g/mol. The molecule has 1 aromatic rings. The van der Waals surface area contributed by atoms with Crippen LogP contribution >= 0.6 is 0 Å². The molecule has 0 bridgehead atoms. The summed E-state index contributed by atoms with van der Waals surface area (Å²) in [7, 11) is 1.82. The largest absolute Gasteiger partial charge is 0.375 e. The number of aromatic nitrogens is 2. The molecule has 1 aliphatic heterocycles. The van der Waals surface area contributed by atoms with Gasteiger partial charge in [-0.25, -0.2) is 4.98 Å². The van der Waals surface area contributed by atoms with Gasteiger partial charge in [0, 0.05) is 26.3 Å². The molecule has 0 spiro atoms. The number of hydrogen-bond acceptors (Lipinski definition) is 5. The molecule has 1 aromatic heterocycles. The Bertz CT molecular complexity index is 331. The first-order valence-corrected chi connectivity index (χ1v) is 5.17. The number of hydrogen-bond donors (Lipinski definition) is 1. The lowest BCUT2D eigenvalue weighted by Gasteiger charge is -2.31. The monoisotopic (exact) mass is 208 g/mol. The van der Waals surface area contributed by atoms with Crippen LogP contribution < -0.4 is 10.2 Å². The molecule has 0 amide bonds.